The highest BCUT2D eigenvalue weighted by Crippen LogP contribution is 2.18. The van der Waals surface area contributed by atoms with Gasteiger partial charge in [-0.05, 0) is 52.3 Å². The first-order valence-electron chi connectivity index (χ1n) is 7.44. The molecule has 0 fully saturated rings. The fourth-order valence-electron chi connectivity index (χ4n) is 1.76. The van der Waals surface area contributed by atoms with Gasteiger partial charge in [0.25, 0.3) is 0 Å². The fraction of sp³-hybridized carbons (Fsp3) is 0.529. The Balaban J connectivity index is 2.65. The van der Waals surface area contributed by atoms with Gasteiger partial charge >= 0.3 is 12.1 Å². The second-order valence-electron chi connectivity index (χ2n) is 6.53. The van der Waals surface area contributed by atoms with E-state index in [1.807, 2.05) is 6.92 Å². The van der Waals surface area contributed by atoms with Crippen LogP contribution in [0.1, 0.15) is 43.6 Å². The van der Waals surface area contributed by atoms with Crippen LogP contribution in [0, 0.1) is 6.92 Å². The van der Waals surface area contributed by atoms with E-state index in [0.717, 1.165) is 0 Å². The maximum atomic E-state index is 12.0. The van der Waals surface area contributed by atoms with Crippen molar-refractivity contribution >= 4 is 12.1 Å². The fourth-order valence-corrected chi connectivity index (χ4v) is 1.76. The zero-order valence-corrected chi connectivity index (χ0v) is 14.5. The van der Waals surface area contributed by atoms with E-state index >= 15 is 0 Å². The first-order chi connectivity index (χ1) is 10.5. The third-order valence-corrected chi connectivity index (χ3v) is 3.27. The van der Waals surface area contributed by atoms with Crippen LogP contribution >= 0.6 is 0 Å². The van der Waals surface area contributed by atoms with Gasteiger partial charge in [-0.25, -0.2) is 9.59 Å². The number of carbonyl (C=O) groups excluding carboxylic acids is 1. The molecule has 0 aliphatic rings. The molecule has 0 radical (unpaired) electrons. The van der Waals surface area contributed by atoms with Crippen LogP contribution in [-0.4, -0.2) is 47.4 Å². The Morgan fingerprint density at radius 1 is 1.30 bits per heavy atom. The molecule has 0 aliphatic carbocycles. The average molecular weight is 323 g/mol. The molecule has 1 amide bonds. The summed E-state index contributed by atoms with van der Waals surface area (Å²) in [6.07, 6.45) is -0.427. The predicted octanol–water partition coefficient (Wildman–Crippen LogP) is 3.33. The summed E-state index contributed by atoms with van der Waals surface area (Å²) in [7, 11) is 1.64. The summed E-state index contributed by atoms with van der Waals surface area (Å²) in [5, 5.41) is 9.11. The largest absolute Gasteiger partial charge is 0.491 e. The van der Waals surface area contributed by atoms with Crippen molar-refractivity contribution in [3.8, 4) is 5.75 Å². The average Bonchev–Trinajstić information content (AvgIpc) is 2.43. The standard InChI is InChI=1S/C17H25NO5/c1-11-7-8-13(9-14(11)15(19)20)22-10-12(2)18(6)16(21)23-17(3,4)5/h7-9,12H,10H2,1-6H3,(H,19,20). The summed E-state index contributed by atoms with van der Waals surface area (Å²) in [5.74, 6) is -0.538. The molecule has 1 rings (SSSR count). The highest BCUT2D eigenvalue weighted by molar-refractivity contribution is 5.89. The molecule has 1 unspecified atom stereocenters. The molecule has 0 saturated carbocycles. The van der Waals surface area contributed by atoms with Crippen LogP contribution in [0.4, 0.5) is 4.79 Å². The number of amides is 1. The lowest BCUT2D eigenvalue weighted by Crippen LogP contribution is -2.42. The summed E-state index contributed by atoms with van der Waals surface area (Å²) < 4.78 is 10.9. The summed E-state index contributed by atoms with van der Waals surface area (Å²) in [4.78, 5) is 24.5. The molecule has 6 heteroatoms. The first-order valence-corrected chi connectivity index (χ1v) is 7.44. The third kappa shape index (κ3) is 5.81. The minimum absolute atomic E-state index is 0.204. The maximum Gasteiger partial charge on any atom is 0.410 e. The Morgan fingerprint density at radius 3 is 2.43 bits per heavy atom. The zero-order chi connectivity index (χ0) is 17.8. The van der Waals surface area contributed by atoms with Crippen molar-refractivity contribution in [3.05, 3.63) is 29.3 Å². The minimum atomic E-state index is -0.994. The molecule has 0 heterocycles. The number of hydrogen-bond acceptors (Lipinski definition) is 4. The van der Waals surface area contributed by atoms with E-state index in [2.05, 4.69) is 0 Å². The van der Waals surface area contributed by atoms with Crippen molar-refractivity contribution in [1.82, 2.24) is 4.90 Å². The SMILES string of the molecule is Cc1ccc(OCC(C)N(C)C(=O)OC(C)(C)C)cc1C(=O)O. The number of aryl methyl sites for hydroxylation is 1. The topological polar surface area (TPSA) is 76.1 Å². The highest BCUT2D eigenvalue weighted by atomic mass is 16.6. The Labute approximate surface area is 137 Å². The number of aromatic carboxylic acids is 1. The van der Waals surface area contributed by atoms with E-state index in [-0.39, 0.29) is 18.2 Å². The number of likely N-dealkylation sites (N-methyl/N-ethyl adjacent to an activating group) is 1. The molecule has 1 aromatic rings. The van der Waals surface area contributed by atoms with Crippen molar-refractivity contribution in [1.29, 1.82) is 0 Å². The van der Waals surface area contributed by atoms with Crippen LogP contribution in [0.15, 0.2) is 18.2 Å². The van der Waals surface area contributed by atoms with Gasteiger partial charge in [0.2, 0.25) is 0 Å². The molecule has 1 N–H and O–H groups in total. The first kappa shape index (κ1) is 18.8. The molecule has 23 heavy (non-hydrogen) atoms. The molecule has 128 valence electrons. The van der Waals surface area contributed by atoms with E-state index < -0.39 is 17.7 Å². The normalized spacial score (nSPS) is 12.4. The van der Waals surface area contributed by atoms with E-state index in [4.69, 9.17) is 14.6 Å². The van der Waals surface area contributed by atoms with Crippen LogP contribution < -0.4 is 4.74 Å². The smallest absolute Gasteiger partial charge is 0.410 e. The van der Waals surface area contributed by atoms with Gasteiger partial charge in [0.1, 0.15) is 18.0 Å². The van der Waals surface area contributed by atoms with Crippen LogP contribution in [0.25, 0.3) is 0 Å². The Bertz CT molecular complexity index is 577. The lowest BCUT2D eigenvalue weighted by molar-refractivity contribution is 0.0195. The van der Waals surface area contributed by atoms with Crippen molar-refractivity contribution in [2.45, 2.75) is 46.3 Å². The number of benzene rings is 1. The number of carboxylic acid groups (broad SMARTS) is 1. The molecular weight excluding hydrogens is 298 g/mol. The van der Waals surface area contributed by atoms with Gasteiger partial charge in [-0.3, -0.25) is 0 Å². The molecule has 0 bridgehead atoms. The number of nitrogens with zero attached hydrogens (tertiary/aromatic N) is 1. The lowest BCUT2D eigenvalue weighted by Gasteiger charge is -2.28. The lowest BCUT2D eigenvalue weighted by atomic mass is 10.1. The molecule has 0 spiro atoms. The molecule has 0 aliphatic heterocycles. The summed E-state index contributed by atoms with van der Waals surface area (Å²) in [6.45, 7) is 9.21. The Hall–Kier alpha value is -2.24. The molecule has 1 aromatic carbocycles. The van der Waals surface area contributed by atoms with Gasteiger partial charge in [-0.1, -0.05) is 6.07 Å². The zero-order valence-electron chi connectivity index (χ0n) is 14.5. The number of ether oxygens (including phenoxy) is 2. The van der Waals surface area contributed by atoms with Crippen molar-refractivity contribution in [3.63, 3.8) is 0 Å². The summed E-state index contributed by atoms with van der Waals surface area (Å²) in [6, 6.07) is 4.67. The molecule has 6 nitrogen and oxygen atoms in total. The predicted molar refractivity (Wildman–Crippen MR) is 87.1 cm³/mol. The second-order valence-corrected chi connectivity index (χ2v) is 6.53. The van der Waals surface area contributed by atoms with Gasteiger partial charge in [-0.15, -0.1) is 0 Å². The van der Waals surface area contributed by atoms with Crippen LogP contribution in [-0.2, 0) is 4.74 Å². The molecular formula is C17H25NO5. The quantitative estimate of drug-likeness (QED) is 0.899. The van der Waals surface area contributed by atoms with E-state index in [0.29, 0.717) is 11.3 Å². The number of carboxylic acids is 1. The van der Waals surface area contributed by atoms with Crippen molar-refractivity contribution < 1.29 is 24.2 Å². The number of carbonyl (C=O) groups is 2. The number of hydrogen-bond donors (Lipinski definition) is 1. The van der Waals surface area contributed by atoms with Gasteiger partial charge in [0.15, 0.2) is 0 Å². The van der Waals surface area contributed by atoms with Crippen molar-refractivity contribution in [2.75, 3.05) is 13.7 Å². The van der Waals surface area contributed by atoms with E-state index in [1.54, 1.807) is 46.9 Å². The van der Waals surface area contributed by atoms with E-state index in [1.165, 1.54) is 11.0 Å². The summed E-state index contributed by atoms with van der Waals surface area (Å²) in [5.41, 5.74) is 0.318. The molecule has 0 aromatic heterocycles. The number of rotatable bonds is 5. The molecule has 1 atom stereocenters. The van der Waals surface area contributed by atoms with E-state index in [9.17, 15) is 9.59 Å². The third-order valence-electron chi connectivity index (χ3n) is 3.27. The Kier molecular flexibility index (Phi) is 6.01. The van der Waals surface area contributed by atoms with Gasteiger partial charge < -0.3 is 19.5 Å². The highest BCUT2D eigenvalue weighted by Gasteiger charge is 2.23. The minimum Gasteiger partial charge on any atom is -0.491 e. The van der Waals surface area contributed by atoms with Crippen LogP contribution in [0.5, 0.6) is 5.75 Å². The monoisotopic (exact) mass is 323 g/mol. The van der Waals surface area contributed by atoms with Crippen LogP contribution in [0.2, 0.25) is 0 Å². The van der Waals surface area contributed by atoms with Gasteiger partial charge in [0.05, 0.1) is 11.6 Å². The molecule has 0 saturated heterocycles. The maximum absolute atomic E-state index is 12.0. The Morgan fingerprint density at radius 2 is 1.91 bits per heavy atom. The summed E-state index contributed by atoms with van der Waals surface area (Å²) >= 11 is 0. The van der Waals surface area contributed by atoms with Gasteiger partial charge in [-0.2, -0.15) is 0 Å². The van der Waals surface area contributed by atoms with Crippen LogP contribution in [0.3, 0.4) is 0 Å². The second kappa shape index (κ2) is 7.35. The van der Waals surface area contributed by atoms with Crippen molar-refractivity contribution in [2.24, 2.45) is 0 Å². The van der Waals surface area contributed by atoms with Gasteiger partial charge in [0, 0.05) is 7.05 Å².